The van der Waals surface area contributed by atoms with E-state index in [1.165, 1.54) is 4.90 Å². The minimum Gasteiger partial charge on any atom is -0.459 e. The normalized spacial score (nSPS) is 36.4. The van der Waals surface area contributed by atoms with Gasteiger partial charge < -0.3 is 9.64 Å². The summed E-state index contributed by atoms with van der Waals surface area (Å²) < 4.78 is 4.85. The molecule has 0 spiro atoms. The molecular weight excluding hydrogens is 134 g/mol. The third-order valence-corrected chi connectivity index (χ3v) is 1.99. The van der Waals surface area contributed by atoms with Gasteiger partial charge in [0.15, 0.2) is 0 Å². The molecule has 0 aromatic rings. The highest BCUT2D eigenvalue weighted by Crippen LogP contribution is 2.27. The lowest BCUT2D eigenvalue weighted by atomic mass is 10.2. The van der Waals surface area contributed by atoms with Crippen molar-refractivity contribution in [2.75, 3.05) is 6.54 Å². The van der Waals surface area contributed by atoms with E-state index in [4.69, 9.17) is 4.74 Å². The van der Waals surface area contributed by atoms with Crippen molar-refractivity contribution in [3.05, 3.63) is 0 Å². The van der Waals surface area contributed by atoms with Crippen LogP contribution in [0.5, 0.6) is 0 Å². The molecule has 2 rings (SSSR count). The fourth-order valence-electron chi connectivity index (χ4n) is 1.50. The topological polar surface area (TPSA) is 46.6 Å². The van der Waals surface area contributed by atoms with Gasteiger partial charge in [0.1, 0.15) is 12.1 Å². The number of hydrogen-bond donors (Lipinski definition) is 0. The van der Waals surface area contributed by atoms with Gasteiger partial charge in [-0.25, -0.2) is 4.79 Å². The van der Waals surface area contributed by atoms with Gasteiger partial charge in [-0.3, -0.25) is 4.79 Å². The Morgan fingerprint density at radius 1 is 1.70 bits per heavy atom. The second-order valence-electron chi connectivity index (χ2n) is 2.61. The van der Waals surface area contributed by atoms with Crippen LogP contribution in [0.3, 0.4) is 0 Å². The molecule has 2 aliphatic heterocycles. The molecule has 0 aromatic heterocycles. The van der Waals surface area contributed by atoms with Crippen molar-refractivity contribution in [3.8, 4) is 0 Å². The fraction of sp³-hybridized carbons (Fsp3) is 0.667. The Balaban J connectivity index is 2.19. The van der Waals surface area contributed by atoms with Gasteiger partial charge in [-0.2, -0.15) is 0 Å². The Hall–Kier alpha value is -1.06. The van der Waals surface area contributed by atoms with Crippen LogP contribution in [-0.4, -0.2) is 36.0 Å². The predicted octanol–water partition coefficient (Wildman–Crippen LogP) is -0.858. The third-order valence-electron chi connectivity index (χ3n) is 1.99. The number of fused-ring (bicyclic) bond motifs is 2. The van der Waals surface area contributed by atoms with Gasteiger partial charge in [0.25, 0.3) is 0 Å². The maximum absolute atomic E-state index is 10.8. The van der Waals surface area contributed by atoms with Crippen LogP contribution < -0.4 is 0 Å². The van der Waals surface area contributed by atoms with Crippen LogP contribution in [0, 0.1) is 0 Å². The van der Waals surface area contributed by atoms with E-state index in [1.54, 1.807) is 0 Å². The zero-order valence-corrected chi connectivity index (χ0v) is 5.32. The lowest BCUT2D eigenvalue weighted by Gasteiger charge is -2.20. The van der Waals surface area contributed by atoms with E-state index >= 15 is 0 Å². The van der Waals surface area contributed by atoms with Gasteiger partial charge in [0.2, 0.25) is 6.41 Å². The number of morpholine rings is 1. The summed E-state index contributed by atoms with van der Waals surface area (Å²) in [5.74, 6) is -0.247. The Kier molecular flexibility index (Phi) is 0.977. The molecule has 0 radical (unpaired) electrons. The number of carbonyl (C=O) groups excluding carboxylic acids is 2. The standard InChI is InChI=1S/C6H7NO3/c8-3-7-2-4-1-5(7)6(9)10-4/h3-5H,1-2H2. The van der Waals surface area contributed by atoms with E-state index in [-0.39, 0.29) is 18.1 Å². The van der Waals surface area contributed by atoms with E-state index in [2.05, 4.69) is 0 Å². The van der Waals surface area contributed by atoms with Gasteiger partial charge in [0.05, 0.1) is 6.54 Å². The van der Waals surface area contributed by atoms with Crippen LogP contribution in [-0.2, 0) is 14.3 Å². The van der Waals surface area contributed by atoms with Crippen LogP contribution in [0.2, 0.25) is 0 Å². The van der Waals surface area contributed by atoms with E-state index in [0.29, 0.717) is 19.4 Å². The summed E-state index contributed by atoms with van der Waals surface area (Å²) in [6.45, 7) is 0.583. The van der Waals surface area contributed by atoms with E-state index < -0.39 is 0 Å². The van der Waals surface area contributed by atoms with Crippen molar-refractivity contribution in [1.29, 1.82) is 0 Å². The summed E-state index contributed by atoms with van der Waals surface area (Å²) in [4.78, 5) is 22.5. The Bertz CT molecular complexity index is 189. The van der Waals surface area contributed by atoms with Gasteiger partial charge in [0, 0.05) is 6.42 Å². The molecule has 4 nitrogen and oxygen atoms in total. The van der Waals surface area contributed by atoms with Crippen molar-refractivity contribution in [3.63, 3.8) is 0 Å². The molecule has 0 N–H and O–H groups in total. The van der Waals surface area contributed by atoms with Gasteiger partial charge in [-0.15, -0.1) is 0 Å². The van der Waals surface area contributed by atoms with Gasteiger partial charge >= 0.3 is 5.97 Å². The van der Waals surface area contributed by atoms with E-state index in [1.807, 2.05) is 0 Å². The Morgan fingerprint density at radius 3 is 2.90 bits per heavy atom. The highest BCUT2D eigenvalue weighted by molar-refractivity contribution is 5.81. The summed E-state index contributed by atoms with van der Waals surface area (Å²) in [5.41, 5.74) is 0. The van der Waals surface area contributed by atoms with Crippen molar-refractivity contribution in [2.24, 2.45) is 0 Å². The first-order valence-electron chi connectivity index (χ1n) is 3.23. The van der Waals surface area contributed by atoms with Crippen molar-refractivity contribution in [2.45, 2.75) is 18.6 Å². The molecule has 0 aromatic carbocycles. The molecule has 2 atom stereocenters. The predicted molar refractivity (Wildman–Crippen MR) is 31.1 cm³/mol. The maximum atomic E-state index is 10.8. The minimum absolute atomic E-state index is 0.0253. The summed E-state index contributed by atoms with van der Waals surface area (Å²) in [5, 5.41) is 0. The Labute approximate surface area is 57.7 Å². The molecule has 1 amide bonds. The lowest BCUT2D eigenvalue weighted by molar-refractivity contribution is -0.153. The molecule has 54 valence electrons. The molecule has 0 saturated carbocycles. The molecule has 10 heavy (non-hydrogen) atoms. The second-order valence-corrected chi connectivity index (χ2v) is 2.61. The highest BCUT2D eigenvalue weighted by atomic mass is 16.6. The SMILES string of the molecule is O=CN1CC2CC1C(=O)O2. The molecule has 4 heteroatoms. The number of likely N-dealkylation sites (tertiary alicyclic amines) is 1. The van der Waals surface area contributed by atoms with Crippen LogP contribution in [0.4, 0.5) is 0 Å². The average Bonchev–Trinajstić information content (AvgIpc) is 2.44. The Morgan fingerprint density at radius 2 is 2.50 bits per heavy atom. The van der Waals surface area contributed by atoms with Crippen molar-refractivity contribution < 1.29 is 14.3 Å². The monoisotopic (exact) mass is 141 g/mol. The third kappa shape index (κ3) is 0.558. The highest BCUT2D eigenvalue weighted by Gasteiger charge is 2.45. The molecular formula is C6H7NO3. The fourth-order valence-corrected chi connectivity index (χ4v) is 1.50. The quantitative estimate of drug-likeness (QED) is 0.352. The molecule has 2 heterocycles. The number of esters is 1. The maximum Gasteiger partial charge on any atom is 0.329 e. The first-order valence-corrected chi connectivity index (χ1v) is 3.23. The number of rotatable bonds is 1. The molecule has 2 fully saturated rings. The first kappa shape index (κ1) is 5.70. The molecule has 2 aliphatic rings. The largest absolute Gasteiger partial charge is 0.459 e. The smallest absolute Gasteiger partial charge is 0.329 e. The number of hydrogen-bond acceptors (Lipinski definition) is 3. The zero-order valence-electron chi connectivity index (χ0n) is 5.32. The molecule has 2 unspecified atom stereocenters. The second kappa shape index (κ2) is 1.71. The summed E-state index contributed by atoms with van der Waals surface area (Å²) >= 11 is 0. The zero-order chi connectivity index (χ0) is 7.14. The number of nitrogens with zero attached hydrogens (tertiary/aromatic N) is 1. The summed E-state index contributed by atoms with van der Waals surface area (Å²) in [6.07, 6.45) is 1.38. The van der Waals surface area contributed by atoms with Crippen LogP contribution in [0.15, 0.2) is 0 Å². The number of carbonyl (C=O) groups is 2. The summed E-state index contributed by atoms with van der Waals surface area (Å²) in [7, 11) is 0. The molecule has 2 bridgehead atoms. The summed E-state index contributed by atoms with van der Waals surface area (Å²) in [6, 6.07) is -0.275. The van der Waals surface area contributed by atoms with Crippen LogP contribution >= 0.6 is 0 Å². The number of ether oxygens (including phenoxy) is 1. The number of amides is 1. The van der Waals surface area contributed by atoms with Gasteiger partial charge in [-0.05, 0) is 0 Å². The van der Waals surface area contributed by atoms with Crippen molar-refractivity contribution in [1.82, 2.24) is 4.90 Å². The average molecular weight is 141 g/mol. The molecule has 0 aliphatic carbocycles. The molecule has 2 saturated heterocycles. The van der Waals surface area contributed by atoms with E-state index in [0.717, 1.165) is 0 Å². The van der Waals surface area contributed by atoms with Crippen molar-refractivity contribution >= 4 is 12.4 Å². The van der Waals surface area contributed by atoms with Crippen LogP contribution in [0.1, 0.15) is 6.42 Å². The van der Waals surface area contributed by atoms with E-state index in [9.17, 15) is 9.59 Å². The lowest BCUT2D eigenvalue weighted by Crippen LogP contribution is -2.39. The minimum atomic E-state index is -0.275. The van der Waals surface area contributed by atoms with Crippen LogP contribution in [0.25, 0.3) is 0 Å². The first-order chi connectivity index (χ1) is 4.81. The van der Waals surface area contributed by atoms with Gasteiger partial charge in [-0.1, -0.05) is 0 Å².